The van der Waals surface area contributed by atoms with Crippen LogP contribution in [0.2, 0.25) is 0 Å². The van der Waals surface area contributed by atoms with Crippen molar-refractivity contribution in [1.29, 1.82) is 0 Å². The van der Waals surface area contributed by atoms with Crippen molar-refractivity contribution in [2.75, 3.05) is 26.9 Å². The zero-order chi connectivity index (χ0) is 13.4. The molecule has 1 aromatic rings. The Morgan fingerprint density at radius 1 is 1.28 bits per heavy atom. The Balaban J connectivity index is 2.52. The maximum Gasteiger partial charge on any atom is 0.128 e. The molecular weight excluding hydrogens is 242 g/mol. The highest BCUT2D eigenvalue weighted by molar-refractivity contribution is 5.22. The van der Waals surface area contributed by atoms with Gasteiger partial charge in [0.2, 0.25) is 0 Å². The number of hydrogen-bond acceptors (Lipinski definition) is 4. The Bertz CT molecular complexity index is 364. The van der Waals surface area contributed by atoms with Crippen molar-refractivity contribution < 1.29 is 18.3 Å². The molecule has 0 amide bonds. The first-order chi connectivity index (χ1) is 8.69. The average molecular weight is 260 g/mol. The van der Waals surface area contributed by atoms with Crippen LogP contribution in [0.3, 0.4) is 0 Å². The minimum atomic E-state index is -0.494. The second-order valence-electron chi connectivity index (χ2n) is 3.78. The van der Waals surface area contributed by atoms with Gasteiger partial charge in [0.15, 0.2) is 0 Å². The number of nitrogens with two attached hydrogens (primary N) is 1. The predicted octanol–water partition coefficient (Wildman–Crippen LogP) is 1.52. The second kappa shape index (κ2) is 8.10. The van der Waals surface area contributed by atoms with Crippen LogP contribution in [0, 0.1) is 11.6 Å². The summed E-state index contributed by atoms with van der Waals surface area (Å²) in [6.07, 6.45) is 0.445. The molecule has 1 aromatic carbocycles. The van der Waals surface area contributed by atoms with E-state index in [1.165, 1.54) is 0 Å². The van der Waals surface area contributed by atoms with E-state index in [0.717, 1.165) is 18.2 Å². The number of rotatable bonds is 8. The Morgan fingerprint density at radius 3 is 2.72 bits per heavy atom. The molecule has 0 aliphatic carbocycles. The number of halogens is 2. The molecule has 18 heavy (non-hydrogen) atoms. The third kappa shape index (κ3) is 4.66. The lowest BCUT2D eigenvalue weighted by Crippen LogP contribution is -2.30. The van der Waals surface area contributed by atoms with Gasteiger partial charge in [-0.25, -0.2) is 8.78 Å². The molecule has 3 N–H and O–H groups in total. The van der Waals surface area contributed by atoms with Crippen molar-refractivity contribution in [2.45, 2.75) is 12.5 Å². The van der Waals surface area contributed by atoms with E-state index in [1.807, 2.05) is 0 Å². The van der Waals surface area contributed by atoms with Crippen molar-refractivity contribution >= 4 is 0 Å². The smallest absolute Gasteiger partial charge is 0.128 e. The van der Waals surface area contributed by atoms with E-state index in [9.17, 15) is 8.78 Å². The topological polar surface area (TPSA) is 56.5 Å². The SMILES string of the molecule is COCCOCCC(NN)c1cc(F)ccc1F. The van der Waals surface area contributed by atoms with Crippen molar-refractivity contribution in [1.82, 2.24) is 5.43 Å². The Labute approximate surface area is 105 Å². The van der Waals surface area contributed by atoms with Gasteiger partial charge in [0, 0.05) is 19.3 Å². The van der Waals surface area contributed by atoms with E-state index >= 15 is 0 Å². The van der Waals surface area contributed by atoms with Crippen molar-refractivity contribution in [3.63, 3.8) is 0 Å². The summed E-state index contributed by atoms with van der Waals surface area (Å²) in [4.78, 5) is 0. The largest absolute Gasteiger partial charge is 0.382 e. The van der Waals surface area contributed by atoms with Gasteiger partial charge >= 0.3 is 0 Å². The molecule has 0 aliphatic rings. The normalized spacial score (nSPS) is 12.7. The molecule has 0 spiro atoms. The molecule has 0 aliphatic heterocycles. The van der Waals surface area contributed by atoms with Crippen molar-refractivity contribution in [3.05, 3.63) is 35.4 Å². The van der Waals surface area contributed by atoms with Gasteiger partial charge in [0.05, 0.1) is 19.3 Å². The van der Waals surface area contributed by atoms with Crippen LogP contribution in [-0.2, 0) is 9.47 Å². The molecule has 4 nitrogen and oxygen atoms in total. The zero-order valence-electron chi connectivity index (χ0n) is 10.3. The van der Waals surface area contributed by atoms with Crippen LogP contribution in [0.15, 0.2) is 18.2 Å². The summed E-state index contributed by atoms with van der Waals surface area (Å²) < 4.78 is 36.6. The van der Waals surface area contributed by atoms with E-state index in [0.29, 0.717) is 26.2 Å². The van der Waals surface area contributed by atoms with Crippen LogP contribution in [0.4, 0.5) is 8.78 Å². The highest BCUT2D eigenvalue weighted by Gasteiger charge is 2.15. The molecule has 0 radical (unpaired) electrons. The first-order valence-electron chi connectivity index (χ1n) is 5.66. The lowest BCUT2D eigenvalue weighted by molar-refractivity contribution is 0.0656. The minimum absolute atomic E-state index is 0.202. The molecule has 1 rings (SSSR count). The van der Waals surface area contributed by atoms with E-state index in [2.05, 4.69) is 5.43 Å². The number of methoxy groups -OCH3 is 1. The fourth-order valence-electron chi connectivity index (χ4n) is 1.56. The molecule has 102 valence electrons. The van der Waals surface area contributed by atoms with Gasteiger partial charge in [0.1, 0.15) is 11.6 Å². The van der Waals surface area contributed by atoms with Gasteiger partial charge < -0.3 is 9.47 Å². The Kier molecular flexibility index (Phi) is 6.74. The van der Waals surface area contributed by atoms with E-state index in [4.69, 9.17) is 15.3 Å². The maximum absolute atomic E-state index is 13.5. The minimum Gasteiger partial charge on any atom is -0.382 e. The molecule has 0 bridgehead atoms. The number of ether oxygens (including phenoxy) is 2. The third-order valence-electron chi connectivity index (χ3n) is 2.52. The summed E-state index contributed by atoms with van der Waals surface area (Å²) in [7, 11) is 1.58. The summed E-state index contributed by atoms with van der Waals surface area (Å²) >= 11 is 0. The summed E-state index contributed by atoms with van der Waals surface area (Å²) in [6, 6.07) is 2.81. The molecule has 1 atom stereocenters. The summed E-state index contributed by atoms with van der Waals surface area (Å²) in [6.45, 7) is 1.34. The number of benzene rings is 1. The predicted molar refractivity (Wildman–Crippen MR) is 63.7 cm³/mol. The number of nitrogens with one attached hydrogen (secondary N) is 1. The monoisotopic (exact) mass is 260 g/mol. The number of hydrogen-bond donors (Lipinski definition) is 2. The second-order valence-corrected chi connectivity index (χ2v) is 3.78. The van der Waals surface area contributed by atoms with Crippen LogP contribution < -0.4 is 11.3 Å². The van der Waals surface area contributed by atoms with Crippen molar-refractivity contribution in [2.24, 2.45) is 5.84 Å². The van der Waals surface area contributed by atoms with Gasteiger partial charge in [-0.3, -0.25) is 11.3 Å². The first kappa shape index (κ1) is 15.0. The molecule has 0 aromatic heterocycles. The third-order valence-corrected chi connectivity index (χ3v) is 2.52. The van der Waals surface area contributed by atoms with Gasteiger partial charge in [-0.15, -0.1) is 0 Å². The van der Waals surface area contributed by atoms with E-state index in [-0.39, 0.29) is 5.56 Å². The van der Waals surface area contributed by atoms with E-state index < -0.39 is 17.7 Å². The van der Waals surface area contributed by atoms with Crippen LogP contribution >= 0.6 is 0 Å². The molecule has 6 heteroatoms. The fourth-order valence-corrected chi connectivity index (χ4v) is 1.56. The summed E-state index contributed by atoms with van der Waals surface area (Å²) in [5.41, 5.74) is 2.66. The molecule has 0 saturated heterocycles. The lowest BCUT2D eigenvalue weighted by Gasteiger charge is -2.17. The van der Waals surface area contributed by atoms with E-state index in [1.54, 1.807) is 7.11 Å². The Hall–Kier alpha value is -1.08. The molecular formula is C12H18F2N2O2. The summed E-state index contributed by atoms with van der Waals surface area (Å²) in [5, 5.41) is 0. The van der Waals surface area contributed by atoms with Gasteiger partial charge in [0.25, 0.3) is 0 Å². The Morgan fingerprint density at radius 2 is 2.06 bits per heavy atom. The van der Waals surface area contributed by atoms with Crippen LogP contribution in [0.1, 0.15) is 18.0 Å². The molecule has 0 heterocycles. The molecule has 0 fully saturated rings. The van der Waals surface area contributed by atoms with Gasteiger partial charge in [-0.2, -0.15) is 0 Å². The maximum atomic E-state index is 13.5. The highest BCUT2D eigenvalue weighted by Crippen LogP contribution is 2.20. The van der Waals surface area contributed by atoms with Crippen LogP contribution in [0.5, 0.6) is 0 Å². The quantitative estimate of drug-likeness (QED) is 0.423. The number of hydrazine groups is 1. The van der Waals surface area contributed by atoms with Gasteiger partial charge in [-0.1, -0.05) is 0 Å². The first-order valence-corrected chi connectivity index (χ1v) is 5.66. The van der Waals surface area contributed by atoms with Crippen LogP contribution in [0.25, 0.3) is 0 Å². The zero-order valence-corrected chi connectivity index (χ0v) is 10.3. The van der Waals surface area contributed by atoms with Crippen molar-refractivity contribution in [3.8, 4) is 0 Å². The fraction of sp³-hybridized carbons (Fsp3) is 0.500. The average Bonchev–Trinajstić information content (AvgIpc) is 2.37. The highest BCUT2D eigenvalue weighted by atomic mass is 19.1. The van der Waals surface area contributed by atoms with Crippen LogP contribution in [-0.4, -0.2) is 26.9 Å². The van der Waals surface area contributed by atoms with Gasteiger partial charge in [-0.05, 0) is 24.6 Å². The summed E-state index contributed by atoms with van der Waals surface area (Å²) in [5.74, 6) is 4.36. The lowest BCUT2D eigenvalue weighted by atomic mass is 10.0. The molecule has 1 unspecified atom stereocenters. The standard InChI is InChI=1S/C12H18F2N2O2/c1-17-6-7-18-5-4-12(16-15)10-8-9(13)2-3-11(10)14/h2-3,8,12,16H,4-7,15H2,1H3. The molecule has 0 saturated carbocycles.